The molecule has 0 bridgehead atoms. The average Bonchev–Trinajstić information content (AvgIpc) is 2.19. The van der Waals surface area contributed by atoms with Gasteiger partial charge in [0.1, 0.15) is 0 Å². The van der Waals surface area contributed by atoms with Gasteiger partial charge in [-0.15, -0.1) is 0 Å². The molecule has 0 spiro atoms. The standard InChI is InChI=1S/C9H11N3O/c1-11-9(10)12-8(13)7-5-3-2-4-6-7/h2-6H,1H3,(H3,10,11,12,13). The van der Waals surface area contributed by atoms with E-state index < -0.39 is 0 Å². The zero-order valence-corrected chi connectivity index (χ0v) is 7.29. The summed E-state index contributed by atoms with van der Waals surface area (Å²) in [7, 11) is 1.58. The van der Waals surface area contributed by atoms with Gasteiger partial charge in [0.25, 0.3) is 5.91 Å². The van der Waals surface area contributed by atoms with Gasteiger partial charge in [-0.2, -0.15) is 0 Å². The van der Waals surface area contributed by atoms with E-state index in [1.807, 2.05) is 6.07 Å². The molecule has 1 aromatic carbocycles. The molecule has 0 unspecified atom stereocenters. The van der Waals surface area contributed by atoms with Crippen LogP contribution in [0.4, 0.5) is 0 Å². The van der Waals surface area contributed by atoms with Crippen molar-refractivity contribution in [2.24, 2.45) is 0 Å². The van der Waals surface area contributed by atoms with Crippen LogP contribution in [0.1, 0.15) is 10.4 Å². The quantitative estimate of drug-likeness (QED) is 0.433. The first-order valence-electron chi connectivity index (χ1n) is 3.86. The Morgan fingerprint density at radius 2 is 1.92 bits per heavy atom. The van der Waals surface area contributed by atoms with Gasteiger partial charge in [0.2, 0.25) is 0 Å². The van der Waals surface area contributed by atoms with Crippen LogP contribution in [0.3, 0.4) is 0 Å². The first kappa shape index (κ1) is 9.25. The van der Waals surface area contributed by atoms with Crippen molar-refractivity contribution in [3.05, 3.63) is 35.9 Å². The lowest BCUT2D eigenvalue weighted by Crippen LogP contribution is -2.38. The van der Waals surface area contributed by atoms with E-state index in [0.717, 1.165) is 0 Å². The molecule has 0 saturated carbocycles. The zero-order valence-electron chi connectivity index (χ0n) is 7.29. The third-order valence-corrected chi connectivity index (χ3v) is 1.52. The van der Waals surface area contributed by atoms with Crippen LogP contribution < -0.4 is 10.6 Å². The molecule has 3 N–H and O–H groups in total. The summed E-state index contributed by atoms with van der Waals surface area (Å²) in [5.41, 5.74) is 0.544. The predicted octanol–water partition coefficient (Wildman–Crippen LogP) is 0.571. The fraction of sp³-hybridized carbons (Fsp3) is 0.111. The van der Waals surface area contributed by atoms with Crippen LogP contribution in [0.5, 0.6) is 0 Å². The van der Waals surface area contributed by atoms with Gasteiger partial charge in [0, 0.05) is 12.6 Å². The van der Waals surface area contributed by atoms with Gasteiger partial charge in [-0.3, -0.25) is 15.5 Å². The zero-order chi connectivity index (χ0) is 9.68. The monoisotopic (exact) mass is 177 g/mol. The summed E-state index contributed by atoms with van der Waals surface area (Å²) in [5, 5.41) is 12.1. The van der Waals surface area contributed by atoms with Crippen molar-refractivity contribution >= 4 is 11.9 Å². The summed E-state index contributed by atoms with van der Waals surface area (Å²) in [6.45, 7) is 0. The van der Waals surface area contributed by atoms with Crippen LogP contribution in [0.2, 0.25) is 0 Å². The van der Waals surface area contributed by atoms with E-state index in [1.54, 1.807) is 31.3 Å². The first-order chi connectivity index (χ1) is 6.24. The van der Waals surface area contributed by atoms with E-state index in [2.05, 4.69) is 10.6 Å². The smallest absolute Gasteiger partial charge is 0.257 e. The molecule has 0 atom stereocenters. The summed E-state index contributed by atoms with van der Waals surface area (Å²) in [5.74, 6) is -0.284. The molecular formula is C9H11N3O. The van der Waals surface area contributed by atoms with Crippen LogP contribution in [-0.2, 0) is 0 Å². The Labute approximate surface area is 76.5 Å². The third-order valence-electron chi connectivity index (χ3n) is 1.52. The molecule has 1 rings (SSSR count). The van der Waals surface area contributed by atoms with Gasteiger partial charge in [-0.25, -0.2) is 0 Å². The van der Waals surface area contributed by atoms with Crippen molar-refractivity contribution in [1.82, 2.24) is 10.6 Å². The summed E-state index contributed by atoms with van der Waals surface area (Å²) in [6, 6.07) is 8.77. The number of nitrogens with one attached hydrogen (secondary N) is 3. The Balaban J connectivity index is 2.65. The van der Waals surface area contributed by atoms with Crippen molar-refractivity contribution < 1.29 is 4.79 Å². The largest absolute Gasteiger partial charge is 0.359 e. The molecule has 0 radical (unpaired) electrons. The minimum atomic E-state index is -0.278. The molecule has 68 valence electrons. The van der Waals surface area contributed by atoms with Gasteiger partial charge in [-0.1, -0.05) is 18.2 Å². The first-order valence-corrected chi connectivity index (χ1v) is 3.86. The van der Waals surface area contributed by atoms with Gasteiger partial charge < -0.3 is 5.32 Å². The van der Waals surface area contributed by atoms with Crippen LogP contribution in [-0.4, -0.2) is 18.9 Å². The number of carbonyl (C=O) groups is 1. The molecule has 0 fully saturated rings. The molecule has 4 heteroatoms. The van der Waals surface area contributed by atoms with Crippen molar-refractivity contribution in [2.45, 2.75) is 0 Å². The molecule has 0 saturated heterocycles. The van der Waals surface area contributed by atoms with E-state index in [9.17, 15) is 4.79 Å². The molecule has 0 heterocycles. The maximum absolute atomic E-state index is 11.3. The van der Waals surface area contributed by atoms with Crippen molar-refractivity contribution in [3.8, 4) is 0 Å². The second-order valence-electron chi connectivity index (χ2n) is 2.45. The normalized spacial score (nSPS) is 9.00. The topological polar surface area (TPSA) is 65.0 Å². The molecule has 0 aromatic heterocycles. The molecule has 0 aliphatic rings. The van der Waals surface area contributed by atoms with E-state index in [1.165, 1.54) is 0 Å². The summed E-state index contributed by atoms with van der Waals surface area (Å²) in [6.07, 6.45) is 0. The average molecular weight is 177 g/mol. The second kappa shape index (κ2) is 4.25. The molecule has 13 heavy (non-hydrogen) atoms. The van der Waals surface area contributed by atoms with Crippen LogP contribution in [0.15, 0.2) is 30.3 Å². The molecular weight excluding hydrogens is 166 g/mol. The second-order valence-corrected chi connectivity index (χ2v) is 2.45. The van der Waals surface area contributed by atoms with Gasteiger partial charge >= 0.3 is 0 Å². The third kappa shape index (κ3) is 2.59. The lowest BCUT2D eigenvalue weighted by atomic mass is 10.2. The number of hydrogen-bond donors (Lipinski definition) is 3. The molecule has 1 amide bonds. The Morgan fingerprint density at radius 1 is 1.31 bits per heavy atom. The highest BCUT2D eigenvalue weighted by Crippen LogP contribution is 1.96. The number of guanidine groups is 1. The summed E-state index contributed by atoms with van der Waals surface area (Å²) < 4.78 is 0. The number of carbonyl (C=O) groups excluding carboxylic acids is 1. The SMILES string of the molecule is CNC(=N)NC(=O)c1ccccc1. The molecule has 1 aromatic rings. The minimum Gasteiger partial charge on any atom is -0.359 e. The number of amides is 1. The predicted molar refractivity (Wildman–Crippen MR) is 50.7 cm³/mol. The van der Waals surface area contributed by atoms with Crippen LogP contribution in [0, 0.1) is 5.41 Å². The number of benzene rings is 1. The van der Waals surface area contributed by atoms with E-state index >= 15 is 0 Å². The van der Waals surface area contributed by atoms with Crippen LogP contribution in [0.25, 0.3) is 0 Å². The lowest BCUT2D eigenvalue weighted by molar-refractivity contribution is 0.0976. The maximum Gasteiger partial charge on any atom is 0.257 e. The molecule has 0 aliphatic carbocycles. The van der Waals surface area contributed by atoms with Crippen molar-refractivity contribution in [3.63, 3.8) is 0 Å². The summed E-state index contributed by atoms with van der Waals surface area (Å²) in [4.78, 5) is 11.3. The highest BCUT2D eigenvalue weighted by molar-refractivity contribution is 6.04. The summed E-state index contributed by atoms with van der Waals surface area (Å²) >= 11 is 0. The highest BCUT2D eigenvalue weighted by Gasteiger charge is 2.04. The fourth-order valence-electron chi connectivity index (χ4n) is 0.838. The fourth-order valence-corrected chi connectivity index (χ4v) is 0.838. The van der Waals surface area contributed by atoms with Gasteiger partial charge in [-0.05, 0) is 12.1 Å². The Morgan fingerprint density at radius 3 is 2.46 bits per heavy atom. The van der Waals surface area contributed by atoms with E-state index in [4.69, 9.17) is 5.41 Å². The number of rotatable bonds is 1. The maximum atomic E-state index is 11.3. The highest BCUT2D eigenvalue weighted by atomic mass is 16.1. The minimum absolute atomic E-state index is 0.00569. The Kier molecular flexibility index (Phi) is 3.03. The van der Waals surface area contributed by atoms with Crippen molar-refractivity contribution in [1.29, 1.82) is 5.41 Å². The van der Waals surface area contributed by atoms with Crippen LogP contribution >= 0.6 is 0 Å². The van der Waals surface area contributed by atoms with E-state index in [-0.39, 0.29) is 11.9 Å². The van der Waals surface area contributed by atoms with Crippen molar-refractivity contribution in [2.75, 3.05) is 7.05 Å². The Bertz CT molecular complexity index is 308. The van der Waals surface area contributed by atoms with Gasteiger partial charge in [0.15, 0.2) is 5.96 Å². The van der Waals surface area contributed by atoms with Gasteiger partial charge in [0.05, 0.1) is 0 Å². The molecule has 0 aliphatic heterocycles. The Hall–Kier alpha value is -1.84. The molecule has 4 nitrogen and oxygen atoms in total. The lowest BCUT2D eigenvalue weighted by Gasteiger charge is -2.04. The van der Waals surface area contributed by atoms with E-state index in [0.29, 0.717) is 5.56 Å². The number of hydrogen-bond acceptors (Lipinski definition) is 2.